The Morgan fingerprint density at radius 2 is 1.23 bits per heavy atom. The summed E-state index contributed by atoms with van der Waals surface area (Å²) in [6.45, 7) is 21.9. The number of hydrogen-bond acceptors (Lipinski definition) is 14. The van der Waals surface area contributed by atoms with Gasteiger partial charge in [0.15, 0.2) is 5.65 Å². The monoisotopic (exact) mass is 1120 g/mol. The van der Waals surface area contributed by atoms with E-state index in [0.29, 0.717) is 55.8 Å². The average molecular weight is 1120 g/mol. The van der Waals surface area contributed by atoms with E-state index in [1.807, 2.05) is 90.1 Å². The largest absolute Gasteiger partial charge is 0.480 e. The Hall–Kier alpha value is -7.83. The number of aryl methyl sites for hydroxylation is 2. The number of pyridine rings is 4. The van der Waals surface area contributed by atoms with Crippen molar-refractivity contribution >= 4 is 58.9 Å². The maximum absolute atomic E-state index is 12.6. The van der Waals surface area contributed by atoms with Crippen LogP contribution in [0, 0.1) is 29.6 Å². The quantitative estimate of drug-likeness (QED) is 0.0758. The molecule has 3 saturated heterocycles. The van der Waals surface area contributed by atoms with Crippen LogP contribution in [0.4, 0.5) is 26.0 Å². The fourth-order valence-corrected chi connectivity index (χ4v) is 10.2. The van der Waals surface area contributed by atoms with E-state index < -0.39 is 29.3 Å². The first-order valence-corrected chi connectivity index (χ1v) is 28.9. The number of aromatic nitrogens is 4. The van der Waals surface area contributed by atoms with Crippen LogP contribution in [0.3, 0.4) is 0 Å². The van der Waals surface area contributed by atoms with Crippen LogP contribution in [0.1, 0.15) is 108 Å². The minimum Gasteiger partial charge on any atom is -0.480 e. The Morgan fingerprint density at radius 3 is 1.78 bits per heavy atom. The zero-order valence-corrected chi connectivity index (χ0v) is 48.9. The van der Waals surface area contributed by atoms with Gasteiger partial charge in [0.25, 0.3) is 0 Å². The minimum atomic E-state index is -1.34. The highest BCUT2D eigenvalue weighted by molar-refractivity contribution is 5.87. The lowest BCUT2D eigenvalue weighted by Gasteiger charge is -2.43. The number of alkyl carbamates (subject to hydrolysis) is 1. The molecule has 82 heavy (non-hydrogen) atoms. The van der Waals surface area contributed by atoms with E-state index in [4.69, 9.17) is 24.2 Å². The maximum Gasteiger partial charge on any atom is 0.410 e. The molecule has 0 bridgehead atoms. The van der Waals surface area contributed by atoms with Crippen molar-refractivity contribution < 1.29 is 43.3 Å². The molecule has 0 saturated carbocycles. The van der Waals surface area contributed by atoms with Gasteiger partial charge in [-0.05, 0) is 163 Å². The highest BCUT2D eigenvalue weighted by Crippen LogP contribution is 2.31. The van der Waals surface area contributed by atoms with Crippen LogP contribution in [0.15, 0.2) is 91.1 Å². The summed E-state index contributed by atoms with van der Waals surface area (Å²) in [4.78, 5) is 83.6. The van der Waals surface area contributed by atoms with Crippen molar-refractivity contribution in [3.63, 3.8) is 0 Å². The Bertz CT molecular complexity index is 3030. The SMILES string of the molecule is CC(C)(C)OC(=O)N1CC(/C=C/c2ccc3cccnc3n2)C1.CC(Cc1ccc2c(n1)NCCC2)C1CN(C(=O)C[C@H](NC(=O)OCc2ccccc2)C(=O)O)C1.CC(Cc1ccc2c(n1)NCCC2)C1CN(C(=O)OC(C)(C)C)C1. The van der Waals surface area contributed by atoms with Crippen molar-refractivity contribution in [3.8, 4) is 0 Å². The third kappa shape index (κ3) is 17.6. The second-order valence-corrected chi connectivity index (χ2v) is 24.3. The predicted octanol–water partition coefficient (Wildman–Crippen LogP) is 9.84. The molecule has 3 fully saturated rings. The van der Waals surface area contributed by atoms with Crippen molar-refractivity contribution in [1.82, 2.24) is 40.0 Å². The maximum atomic E-state index is 12.6. The van der Waals surface area contributed by atoms with Crippen molar-refractivity contribution in [2.24, 2.45) is 29.6 Å². The van der Waals surface area contributed by atoms with Crippen molar-refractivity contribution in [3.05, 3.63) is 125 Å². The number of carbonyl (C=O) groups is 5. The van der Waals surface area contributed by atoms with Gasteiger partial charge in [0.05, 0.1) is 12.1 Å². The highest BCUT2D eigenvalue weighted by atomic mass is 16.6. The molecule has 19 nitrogen and oxygen atoms in total. The van der Waals surface area contributed by atoms with Gasteiger partial charge < -0.3 is 50.0 Å². The number of likely N-dealkylation sites (tertiary alicyclic amines) is 3. The molecular formula is C63H82N10O9. The van der Waals surface area contributed by atoms with Gasteiger partial charge >= 0.3 is 24.2 Å². The van der Waals surface area contributed by atoms with E-state index in [2.05, 4.69) is 70.1 Å². The van der Waals surface area contributed by atoms with Gasteiger partial charge in [0.1, 0.15) is 35.5 Å². The smallest absolute Gasteiger partial charge is 0.410 e. The third-order valence-electron chi connectivity index (χ3n) is 15.2. The first kappa shape index (κ1) is 60.3. The number of carboxylic acids is 1. The lowest BCUT2D eigenvalue weighted by atomic mass is 9.83. The number of anilines is 2. The van der Waals surface area contributed by atoms with Crippen LogP contribution in [-0.4, -0.2) is 140 Å². The number of carboxylic acid groups (broad SMARTS) is 1. The molecule has 9 heterocycles. The second-order valence-electron chi connectivity index (χ2n) is 24.3. The van der Waals surface area contributed by atoms with Gasteiger partial charge in [-0.1, -0.05) is 62.4 Å². The van der Waals surface area contributed by atoms with Crippen LogP contribution in [0.25, 0.3) is 17.1 Å². The summed E-state index contributed by atoms with van der Waals surface area (Å²) in [5, 5.41) is 19.5. The first-order chi connectivity index (χ1) is 39.1. The second kappa shape index (κ2) is 27.3. The molecule has 0 aliphatic carbocycles. The summed E-state index contributed by atoms with van der Waals surface area (Å²) < 4.78 is 15.8. The molecule has 1 aromatic carbocycles. The number of nitrogens with zero attached hydrogens (tertiary/aromatic N) is 7. The number of benzene rings is 1. The molecule has 4 aromatic heterocycles. The summed E-state index contributed by atoms with van der Waals surface area (Å²) in [5.41, 5.74) is 6.33. The van der Waals surface area contributed by atoms with Crippen molar-refractivity contribution in [2.45, 2.75) is 124 Å². The zero-order chi connectivity index (χ0) is 58.6. The van der Waals surface area contributed by atoms with Crippen LogP contribution >= 0.6 is 0 Å². The van der Waals surface area contributed by atoms with E-state index in [0.717, 1.165) is 104 Å². The van der Waals surface area contributed by atoms with Gasteiger partial charge in [-0.25, -0.2) is 39.1 Å². The summed E-state index contributed by atoms with van der Waals surface area (Å²) >= 11 is 0. The Balaban J connectivity index is 0.000000166. The fraction of sp³-hybridized carbons (Fsp3) is 0.508. The van der Waals surface area contributed by atoms with E-state index in [-0.39, 0.29) is 31.1 Å². The molecule has 3 atom stereocenters. The van der Waals surface area contributed by atoms with Gasteiger partial charge in [-0.15, -0.1) is 0 Å². The average Bonchev–Trinajstić information content (AvgIpc) is 3.42. The van der Waals surface area contributed by atoms with E-state index in [1.54, 1.807) is 33.0 Å². The summed E-state index contributed by atoms with van der Waals surface area (Å²) in [6, 6.07) is 24.2. The van der Waals surface area contributed by atoms with E-state index >= 15 is 0 Å². The zero-order valence-electron chi connectivity index (χ0n) is 48.9. The molecular weight excluding hydrogens is 1040 g/mol. The molecule has 4 N–H and O–H groups in total. The molecule has 5 aliphatic rings. The van der Waals surface area contributed by atoms with Gasteiger partial charge in [0, 0.05) is 81.2 Å². The van der Waals surface area contributed by atoms with E-state index in [9.17, 15) is 29.1 Å². The molecule has 10 rings (SSSR count). The predicted molar refractivity (Wildman–Crippen MR) is 315 cm³/mol. The molecule has 5 aromatic rings. The molecule has 4 amide bonds. The Kier molecular flexibility index (Phi) is 20.1. The van der Waals surface area contributed by atoms with Gasteiger partial charge in [0.2, 0.25) is 5.91 Å². The van der Waals surface area contributed by atoms with E-state index in [1.165, 1.54) is 17.5 Å². The van der Waals surface area contributed by atoms with Gasteiger partial charge in [-0.3, -0.25) is 4.79 Å². The number of fused-ring (bicyclic) bond motifs is 3. The highest BCUT2D eigenvalue weighted by Gasteiger charge is 2.38. The summed E-state index contributed by atoms with van der Waals surface area (Å²) in [7, 11) is 0. The number of amides is 4. The molecule has 19 heteroatoms. The number of rotatable bonds is 14. The van der Waals surface area contributed by atoms with Crippen LogP contribution < -0.4 is 16.0 Å². The van der Waals surface area contributed by atoms with Crippen molar-refractivity contribution in [2.75, 3.05) is 63.0 Å². The third-order valence-corrected chi connectivity index (χ3v) is 15.2. The number of hydrogen-bond donors (Lipinski definition) is 4. The van der Waals surface area contributed by atoms with Crippen LogP contribution in [0.5, 0.6) is 0 Å². The van der Waals surface area contributed by atoms with Crippen LogP contribution in [-0.2, 0) is 56.1 Å². The topological polar surface area (TPSA) is 231 Å². The Labute approximate surface area is 482 Å². The summed E-state index contributed by atoms with van der Waals surface area (Å²) in [5.74, 6) is 2.56. The lowest BCUT2D eigenvalue weighted by Crippen LogP contribution is -2.54. The molecule has 438 valence electrons. The summed E-state index contributed by atoms with van der Waals surface area (Å²) in [6.07, 6.45) is 10.5. The lowest BCUT2D eigenvalue weighted by molar-refractivity contribution is -0.146. The Morgan fingerprint density at radius 1 is 0.683 bits per heavy atom. The fourth-order valence-electron chi connectivity index (χ4n) is 10.2. The molecule has 5 aliphatic heterocycles. The number of ether oxygens (including phenoxy) is 3. The van der Waals surface area contributed by atoms with Crippen LogP contribution in [0.2, 0.25) is 0 Å². The minimum absolute atomic E-state index is 0.0216. The standard InChI is InChI=1S/C26H32N4O5.C19H29N3O2.C18H21N3O2/c1-17(12-21-10-9-19-8-5-11-27-24(19)28-21)20-14-30(15-20)23(31)13-22(25(32)33)29-26(34)35-16-18-6-3-2-4-7-18;1-13(15-11-22(12-15)18(23)24-19(2,3)4)10-16-8-7-14-6-5-9-20-17(14)21-16;1-18(2,3)23-17(22)21-11-13(12-21)6-8-15-9-7-14-5-4-10-19-16(14)20-15/h2-4,6-7,9-10,17,20,22H,5,8,11-16H2,1H3,(H,27,28)(H,29,34)(H,32,33);7-8,13,15H,5-6,9-12H2,1-4H3,(H,20,21);4-10,13H,11-12H2,1-3H3/b;;8-6+/t17?,22-;;/m0../s1. The van der Waals surface area contributed by atoms with Gasteiger partial charge in [-0.2, -0.15) is 0 Å². The first-order valence-electron chi connectivity index (χ1n) is 28.9. The normalized spacial score (nSPS) is 17.2. The number of aliphatic carboxylic acids is 1. The molecule has 0 spiro atoms. The molecule has 0 radical (unpaired) electrons. The van der Waals surface area contributed by atoms with Crippen molar-refractivity contribution in [1.29, 1.82) is 0 Å². The molecule has 2 unspecified atom stereocenters. The number of nitrogens with one attached hydrogen (secondary N) is 3. The number of carbonyl (C=O) groups excluding carboxylic acids is 4.